The molecule has 0 radical (unpaired) electrons. The van der Waals surface area contributed by atoms with Crippen LogP contribution in [0, 0.1) is 6.92 Å². The van der Waals surface area contributed by atoms with Crippen LogP contribution in [-0.4, -0.2) is 17.7 Å². The predicted octanol–water partition coefficient (Wildman–Crippen LogP) is 4.83. The molecule has 0 atom stereocenters. The molecule has 116 valence electrons. The van der Waals surface area contributed by atoms with E-state index in [0.29, 0.717) is 6.61 Å². The van der Waals surface area contributed by atoms with Crippen LogP contribution in [-0.2, 0) is 4.79 Å². The first kappa shape index (κ1) is 17.3. The number of para-hydroxylation sites is 1. The van der Waals surface area contributed by atoms with Crippen LogP contribution >= 0.6 is 0 Å². The lowest BCUT2D eigenvalue weighted by Crippen LogP contribution is -2.01. The number of carboxylic acids is 1. The van der Waals surface area contributed by atoms with E-state index >= 15 is 0 Å². The van der Waals surface area contributed by atoms with Gasteiger partial charge in [-0.15, -0.1) is 0 Å². The predicted molar refractivity (Wildman–Crippen MR) is 86.7 cm³/mol. The lowest BCUT2D eigenvalue weighted by Gasteiger charge is -2.12. The number of hydrogen-bond donors (Lipinski definition) is 1. The fourth-order valence-corrected chi connectivity index (χ4v) is 2.22. The summed E-state index contributed by atoms with van der Waals surface area (Å²) in [6.45, 7) is 4.88. The van der Waals surface area contributed by atoms with Gasteiger partial charge in [-0.2, -0.15) is 0 Å². The van der Waals surface area contributed by atoms with Crippen molar-refractivity contribution in [3.63, 3.8) is 0 Å². The maximum atomic E-state index is 10.6. The summed E-state index contributed by atoms with van der Waals surface area (Å²) in [6.07, 6.45) is 10.1. The molecule has 0 heterocycles. The highest BCUT2D eigenvalue weighted by Crippen LogP contribution is 2.25. The highest BCUT2D eigenvalue weighted by atomic mass is 16.5. The normalized spacial score (nSPS) is 11.0. The number of aliphatic carboxylic acids is 1. The van der Waals surface area contributed by atoms with Crippen molar-refractivity contribution in [1.82, 2.24) is 0 Å². The maximum Gasteiger partial charge on any atom is 0.328 e. The summed E-state index contributed by atoms with van der Waals surface area (Å²) in [5.41, 5.74) is 1.86. The smallest absolute Gasteiger partial charge is 0.328 e. The van der Waals surface area contributed by atoms with Gasteiger partial charge in [0.2, 0.25) is 0 Å². The number of rotatable bonds is 10. The molecule has 0 saturated carbocycles. The second kappa shape index (κ2) is 10.0. The molecular formula is C18H26O3. The Balaban J connectivity index is 2.48. The minimum absolute atomic E-state index is 0.685. The van der Waals surface area contributed by atoms with Crippen LogP contribution in [0.3, 0.4) is 0 Å². The summed E-state index contributed by atoms with van der Waals surface area (Å²) < 4.78 is 5.86. The van der Waals surface area contributed by atoms with E-state index in [-0.39, 0.29) is 0 Å². The van der Waals surface area contributed by atoms with E-state index in [0.717, 1.165) is 29.4 Å². The van der Waals surface area contributed by atoms with Crippen LogP contribution in [0.5, 0.6) is 5.75 Å². The van der Waals surface area contributed by atoms with E-state index in [2.05, 4.69) is 6.92 Å². The summed E-state index contributed by atoms with van der Waals surface area (Å²) in [7, 11) is 0. The number of hydrogen-bond acceptors (Lipinski definition) is 2. The number of ether oxygens (including phenoxy) is 1. The average molecular weight is 290 g/mol. The maximum absolute atomic E-state index is 10.6. The van der Waals surface area contributed by atoms with Crippen LogP contribution in [0.4, 0.5) is 0 Å². The van der Waals surface area contributed by atoms with Gasteiger partial charge in [-0.1, -0.05) is 57.2 Å². The molecule has 0 fully saturated rings. The van der Waals surface area contributed by atoms with Gasteiger partial charge in [0.15, 0.2) is 0 Å². The number of benzene rings is 1. The molecule has 0 amide bonds. The average Bonchev–Trinajstić information content (AvgIpc) is 2.46. The Hall–Kier alpha value is -1.77. The molecule has 0 aliphatic rings. The Labute approximate surface area is 127 Å². The third-order valence-electron chi connectivity index (χ3n) is 3.39. The van der Waals surface area contributed by atoms with Crippen molar-refractivity contribution in [2.75, 3.05) is 6.61 Å². The summed E-state index contributed by atoms with van der Waals surface area (Å²) in [4.78, 5) is 10.6. The zero-order chi connectivity index (χ0) is 15.5. The molecule has 0 saturated heterocycles. The van der Waals surface area contributed by atoms with Crippen molar-refractivity contribution in [3.05, 3.63) is 35.4 Å². The second-order valence-corrected chi connectivity index (χ2v) is 5.28. The van der Waals surface area contributed by atoms with Gasteiger partial charge >= 0.3 is 5.97 Å². The van der Waals surface area contributed by atoms with Crippen molar-refractivity contribution in [2.24, 2.45) is 0 Å². The quantitative estimate of drug-likeness (QED) is 0.496. The Morgan fingerprint density at radius 1 is 1.19 bits per heavy atom. The van der Waals surface area contributed by atoms with E-state index in [9.17, 15) is 4.79 Å². The minimum Gasteiger partial charge on any atom is -0.493 e. The first-order valence-electron chi connectivity index (χ1n) is 7.78. The van der Waals surface area contributed by atoms with Gasteiger partial charge in [-0.25, -0.2) is 4.79 Å². The van der Waals surface area contributed by atoms with Gasteiger partial charge in [0.25, 0.3) is 0 Å². The lowest BCUT2D eigenvalue weighted by molar-refractivity contribution is -0.131. The molecule has 1 rings (SSSR count). The van der Waals surface area contributed by atoms with E-state index < -0.39 is 5.97 Å². The summed E-state index contributed by atoms with van der Waals surface area (Å²) in [6, 6.07) is 5.77. The summed E-state index contributed by atoms with van der Waals surface area (Å²) in [5, 5.41) is 8.72. The van der Waals surface area contributed by atoms with Crippen molar-refractivity contribution in [1.29, 1.82) is 0 Å². The van der Waals surface area contributed by atoms with Gasteiger partial charge in [0.1, 0.15) is 5.75 Å². The summed E-state index contributed by atoms with van der Waals surface area (Å²) in [5.74, 6) is -0.151. The van der Waals surface area contributed by atoms with Crippen molar-refractivity contribution >= 4 is 12.0 Å². The first-order chi connectivity index (χ1) is 10.1. The molecule has 21 heavy (non-hydrogen) atoms. The molecular weight excluding hydrogens is 264 g/mol. The van der Waals surface area contributed by atoms with Gasteiger partial charge < -0.3 is 9.84 Å². The highest BCUT2D eigenvalue weighted by Gasteiger charge is 2.05. The highest BCUT2D eigenvalue weighted by molar-refractivity contribution is 5.86. The van der Waals surface area contributed by atoms with Crippen molar-refractivity contribution in [2.45, 2.75) is 52.4 Å². The lowest BCUT2D eigenvalue weighted by atomic mass is 10.1. The third kappa shape index (κ3) is 6.98. The van der Waals surface area contributed by atoms with Crippen molar-refractivity contribution < 1.29 is 14.6 Å². The Morgan fingerprint density at radius 3 is 2.62 bits per heavy atom. The van der Waals surface area contributed by atoms with Crippen LogP contribution < -0.4 is 4.74 Å². The molecule has 0 spiro atoms. The molecule has 1 aromatic rings. The summed E-state index contributed by atoms with van der Waals surface area (Å²) >= 11 is 0. The Morgan fingerprint density at radius 2 is 1.90 bits per heavy atom. The zero-order valence-corrected chi connectivity index (χ0v) is 13.1. The zero-order valence-electron chi connectivity index (χ0n) is 13.1. The second-order valence-electron chi connectivity index (χ2n) is 5.28. The van der Waals surface area contributed by atoms with Crippen LogP contribution in [0.2, 0.25) is 0 Å². The number of unbranched alkanes of at least 4 members (excludes halogenated alkanes) is 5. The van der Waals surface area contributed by atoms with Gasteiger partial charge in [-0.05, 0) is 25.0 Å². The topological polar surface area (TPSA) is 46.5 Å². The first-order valence-corrected chi connectivity index (χ1v) is 7.78. The standard InChI is InChI=1S/C18H26O3/c1-3-4-5-6-7-8-14-21-18-15(2)10-9-11-16(18)12-13-17(19)20/h9-13H,3-8,14H2,1-2H3,(H,19,20)/b13-12+. The monoisotopic (exact) mass is 290 g/mol. The minimum atomic E-state index is -0.946. The van der Waals surface area contributed by atoms with E-state index in [1.807, 2.05) is 25.1 Å². The number of aryl methyl sites for hydroxylation is 1. The molecule has 1 N–H and O–H groups in total. The number of carbonyl (C=O) groups is 1. The van der Waals surface area contributed by atoms with E-state index in [1.54, 1.807) is 6.08 Å². The largest absolute Gasteiger partial charge is 0.493 e. The van der Waals surface area contributed by atoms with Gasteiger partial charge in [0.05, 0.1) is 6.61 Å². The van der Waals surface area contributed by atoms with Gasteiger partial charge in [0, 0.05) is 11.6 Å². The molecule has 3 heteroatoms. The number of carboxylic acid groups (broad SMARTS) is 1. The molecule has 3 nitrogen and oxygen atoms in total. The molecule has 0 aliphatic carbocycles. The van der Waals surface area contributed by atoms with E-state index in [4.69, 9.17) is 9.84 Å². The Bertz CT molecular complexity index is 464. The SMILES string of the molecule is CCCCCCCCOc1c(C)cccc1/C=C/C(=O)O. The van der Waals surface area contributed by atoms with E-state index in [1.165, 1.54) is 32.1 Å². The Kier molecular flexibility index (Phi) is 8.25. The van der Waals surface area contributed by atoms with Crippen LogP contribution in [0.1, 0.15) is 56.6 Å². The molecule has 0 unspecified atom stereocenters. The van der Waals surface area contributed by atoms with Crippen LogP contribution in [0.15, 0.2) is 24.3 Å². The van der Waals surface area contributed by atoms with Crippen molar-refractivity contribution in [3.8, 4) is 5.75 Å². The molecule has 0 bridgehead atoms. The third-order valence-corrected chi connectivity index (χ3v) is 3.39. The van der Waals surface area contributed by atoms with Gasteiger partial charge in [-0.3, -0.25) is 0 Å². The molecule has 0 aliphatic heterocycles. The molecule has 1 aromatic carbocycles. The fraction of sp³-hybridized carbons (Fsp3) is 0.500. The fourth-order valence-electron chi connectivity index (χ4n) is 2.22. The van der Waals surface area contributed by atoms with Crippen LogP contribution in [0.25, 0.3) is 6.08 Å². The molecule has 0 aromatic heterocycles.